The van der Waals surface area contributed by atoms with E-state index in [1.165, 1.54) is 29.8 Å². The Balaban J connectivity index is 2.14. The summed E-state index contributed by atoms with van der Waals surface area (Å²) in [4.78, 5) is 38.3. The van der Waals surface area contributed by atoms with Crippen LogP contribution in [0.5, 0.6) is 0 Å². The highest BCUT2D eigenvalue weighted by Gasteiger charge is 2.36. The zero-order valence-corrected chi connectivity index (χ0v) is 19.4. The van der Waals surface area contributed by atoms with Gasteiger partial charge in [0.25, 0.3) is 5.91 Å². The van der Waals surface area contributed by atoms with Gasteiger partial charge in [-0.1, -0.05) is 18.2 Å². The minimum absolute atomic E-state index is 0.126. The summed E-state index contributed by atoms with van der Waals surface area (Å²) in [5.74, 6) is -0.671. The van der Waals surface area contributed by atoms with Crippen molar-refractivity contribution in [3.05, 3.63) is 53.1 Å². The summed E-state index contributed by atoms with van der Waals surface area (Å²) in [6.45, 7) is 5.80. The molecule has 1 N–H and O–H groups in total. The summed E-state index contributed by atoms with van der Waals surface area (Å²) >= 11 is 6.31. The van der Waals surface area contributed by atoms with Gasteiger partial charge in [-0.05, 0) is 36.3 Å². The summed E-state index contributed by atoms with van der Waals surface area (Å²) in [6, 6.07) is 2.39. The van der Waals surface area contributed by atoms with Crippen molar-refractivity contribution in [2.75, 3.05) is 32.9 Å². The van der Waals surface area contributed by atoms with Crippen LogP contribution in [0.4, 0.5) is 0 Å². The van der Waals surface area contributed by atoms with Crippen LogP contribution in [0.25, 0.3) is 11.4 Å². The number of nitrogens with one attached hydrogen (secondary N) is 1. The molecule has 3 heterocycles. The lowest BCUT2D eigenvalue weighted by Gasteiger charge is -2.40. The number of piperazine rings is 1. The molecule has 1 atom stereocenters. The van der Waals surface area contributed by atoms with Crippen LogP contribution in [-0.4, -0.2) is 77.3 Å². The van der Waals surface area contributed by atoms with Crippen LogP contribution in [-0.2, 0) is 14.8 Å². The zero-order valence-electron chi connectivity index (χ0n) is 17.9. The number of hydrogen-bond donors (Lipinski definition) is 1. The molecule has 0 radical (unpaired) electrons. The number of hydrogen-bond acceptors (Lipinski definition) is 7. The fourth-order valence-electron chi connectivity index (χ4n) is 3.68. The van der Waals surface area contributed by atoms with Crippen LogP contribution in [0, 0.1) is 6.92 Å². The van der Waals surface area contributed by atoms with E-state index in [0.717, 1.165) is 6.26 Å². The first-order chi connectivity index (χ1) is 15.1. The van der Waals surface area contributed by atoms with Gasteiger partial charge in [0.2, 0.25) is 15.9 Å². The molecule has 0 spiro atoms. The number of rotatable bonds is 5. The second kappa shape index (κ2) is 9.31. The van der Waals surface area contributed by atoms with Gasteiger partial charge in [-0.25, -0.2) is 23.4 Å². The van der Waals surface area contributed by atoms with Crippen LogP contribution in [0.1, 0.15) is 27.7 Å². The lowest BCUT2D eigenvalue weighted by Crippen LogP contribution is -2.51. The van der Waals surface area contributed by atoms with Crippen LogP contribution in [0.2, 0.25) is 5.15 Å². The molecule has 3 rings (SSSR count). The first kappa shape index (κ1) is 23.8. The second-order valence-corrected chi connectivity index (χ2v) is 9.58. The number of carbonyl (C=O) groups excluding carboxylic acids is 2. The van der Waals surface area contributed by atoms with E-state index < -0.39 is 16.1 Å². The molecule has 1 aliphatic heterocycles. The minimum atomic E-state index is -3.58. The molecule has 2 amide bonds. The lowest BCUT2D eigenvalue weighted by atomic mass is 9.97. The predicted octanol–water partition coefficient (Wildman–Crippen LogP) is 1.19. The Morgan fingerprint density at radius 2 is 2.00 bits per heavy atom. The Hall–Kier alpha value is -2.89. The number of aromatic nitrogens is 3. The summed E-state index contributed by atoms with van der Waals surface area (Å²) in [6.07, 6.45) is 3.58. The van der Waals surface area contributed by atoms with Gasteiger partial charge < -0.3 is 10.2 Å². The molecule has 170 valence electrons. The highest BCUT2D eigenvalue weighted by atomic mass is 35.5. The van der Waals surface area contributed by atoms with E-state index in [4.69, 9.17) is 11.6 Å². The fourth-order valence-corrected chi connectivity index (χ4v) is 4.93. The first-order valence-corrected chi connectivity index (χ1v) is 11.9. The number of amides is 2. The maximum atomic E-state index is 12.5. The molecule has 0 saturated carbocycles. The fraction of sp³-hybridized carbons (Fsp3) is 0.350. The minimum Gasteiger partial charge on any atom is -0.354 e. The van der Waals surface area contributed by atoms with E-state index in [1.807, 2.05) is 0 Å². The average molecular weight is 479 g/mol. The quantitative estimate of drug-likeness (QED) is 0.505. The molecule has 1 saturated heterocycles. The van der Waals surface area contributed by atoms with Crippen molar-refractivity contribution in [3.63, 3.8) is 0 Å². The van der Waals surface area contributed by atoms with Crippen LogP contribution in [0.3, 0.4) is 0 Å². The van der Waals surface area contributed by atoms with E-state index in [9.17, 15) is 18.0 Å². The van der Waals surface area contributed by atoms with Crippen LogP contribution >= 0.6 is 11.6 Å². The van der Waals surface area contributed by atoms with Gasteiger partial charge >= 0.3 is 0 Å². The van der Waals surface area contributed by atoms with E-state index >= 15 is 0 Å². The molecule has 32 heavy (non-hydrogen) atoms. The largest absolute Gasteiger partial charge is 0.354 e. The third-order valence-corrected chi connectivity index (χ3v) is 6.74. The SMILES string of the molecule is C=CC(=O)N1CCN(S(C)(=O)=O)[C@@H](c2cc(Cl)nc(-c3cc(C(=O)NC)ncn3)c2C)C1. The van der Waals surface area contributed by atoms with Crippen molar-refractivity contribution in [1.82, 2.24) is 29.5 Å². The monoisotopic (exact) mass is 478 g/mol. The molecular formula is C20H23ClN6O4S. The van der Waals surface area contributed by atoms with Crippen molar-refractivity contribution in [3.8, 4) is 11.4 Å². The average Bonchev–Trinajstić information content (AvgIpc) is 2.78. The number of halogens is 1. The lowest BCUT2D eigenvalue weighted by molar-refractivity contribution is -0.128. The van der Waals surface area contributed by atoms with Crippen LogP contribution < -0.4 is 5.32 Å². The Morgan fingerprint density at radius 1 is 1.28 bits per heavy atom. The molecule has 10 nitrogen and oxygen atoms in total. The number of nitrogens with zero attached hydrogens (tertiary/aromatic N) is 5. The summed E-state index contributed by atoms with van der Waals surface area (Å²) in [7, 11) is -2.09. The standard InChI is InChI=1S/C20H23ClN6O4S/c1-5-18(28)26-6-7-27(32(4,30)31)16(10-26)13-8-17(21)25-19(12(13)2)14-9-15(20(29)22-3)24-11-23-14/h5,8-9,11,16H,1,6-7,10H2,2-4H3,(H,22,29)/t16-/m1/s1. The highest BCUT2D eigenvalue weighted by Crippen LogP contribution is 2.35. The number of pyridine rings is 1. The van der Waals surface area contributed by atoms with E-state index in [0.29, 0.717) is 22.5 Å². The van der Waals surface area contributed by atoms with Crippen molar-refractivity contribution in [1.29, 1.82) is 0 Å². The van der Waals surface area contributed by atoms with E-state index in [-0.39, 0.29) is 42.3 Å². The van der Waals surface area contributed by atoms with Gasteiger partial charge in [-0.15, -0.1) is 0 Å². The molecule has 2 aromatic rings. The van der Waals surface area contributed by atoms with Crippen molar-refractivity contribution in [2.24, 2.45) is 0 Å². The third kappa shape index (κ3) is 4.79. The van der Waals surface area contributed by atoms with Gasteiger partial charge in [0.1, 0.15) is 17.2 Å². The molecular weight excluding hydrogens is 456 g/mol. The van der Waals surface area contributed by atoms with E-state index in [1.54, 1.807) is 17.9 Å². The van der Waals surface area contributed by atoms with Crippen molar-refractivity contribution in [2.45, 2.75) is 13.0 Å². The highest BCUT2D eigenvalue weighted by molar-refractivity contribution is 7.88. The second-order valence-electron chi connectivity index (χ2n) is 7.25. The molecule has 0 unspecified atom stereocenters. The van der Waals surface area contributed by atoms with Crippen molar-refractivity contribution >= 4 is 33.4 Å². The van der Waals surface area contributed by atoms with Gasteiger partial charge in [0.15, 0.2) is 0 Å². The molecule has 0 aromatic carbocycles. The predicted molar refractivity (Wildman–Crippen MR) is 119 cm³/mol. The zero-order chi connectivity index (χ0) is 23.6. The van der Waals surface area contributed by atoms with Crippen molar-refractivity contribution < 1.29 is 18.0 Å². The van der Waals surface area contributed by atoms with Gasteiger partial charge in [-0.3, -0.25) is 9.59 Å². The van der Waals surface area contributed by atoms with E-state index in [2.05, 4.69) is 26.8 Å². The maximum Gasteiger partial charge on any atom is 0.269 e. The molecule has 0 aliphatic carbocycles. The topological polar surface area (TPSA) is 125 Å². The normalized spacial score (nSPS) is 17.1. The summed E-state index contributed by atoms with van der Waals surface area (Å²) < 4.78 is 26.4. The molecule has 1 aliphatic rings. The third-order valence-electron chi connectivity index (χ3n) is 5.25. The molecule has 0 bridgehead atoms. The molecule has 1 fully saturated rings. The summed E-state index contributed by atoms with van der Waals surface area (Å²) in [5.41, 5.74) is 2.12. The van der Waals surface area contributed by atoms with Gasteiger partial charge in [0, 0.05) is 26.7 Å². The number of sulfonamides is 1. The Kier molecular flexibility index (Phi) is 6.91. The maximum absolute atomic E-state index is 12.5. The van der Waals surface area contributed by atoms with Gasteiger partial charge in [-0.2, -0.15) is 4.31 Å². The summed E-state index contributed by atoms with van der Waals surface area (Å²) in [5, 5.41) is 2.62. The first-order valence-electron chi connectivity index (χ1n) is 9.66. The smallest absolute Gasteiger partial charge is 0.269 e. The van der Waals surface area contributed by atoms with Crippen LogP contribution in [0.15, 0.2) is 31.1 Å². The molecule has 2 aromatic heterocycles. The molecule has 12 heteroatoms. The van der Waals surface area contributed by atoms with Gasteiger partial charge in [0.05, 0.1) is 23.7 Å². The Labute approximate surface area is 191 Å². The Bertz CT molecular complexity index is 1190. The Morgan fingerprint density at radius 3 is 2.62 bits per heavy atom. The number of carbonyl (C=O) groups is 2.